The monoisotopic (exact) mass is 1620 g/mol. The largest absolute Gasteiger partial charge is 0.507 e. The van der Waals surface area contributed by atoms with Crippen molar-refractivity contribution in [3.63, 3.8) is 0 Å². The molecule has 0 aromatic heterocycles. The highest BCUT2D eigenvalue weighted by Crippen LogP contribution is 2.40. The molecular weight excluding hydrogens is 1480 g/mol. The molecule has 0 aliphatic carbocycles. The van der Waals surface area contributed by atoms with Gasteiger partial charge in [-0.2, -0.15) is 0 Å². The molecule has 3 fully saturated rings. The number of aliphatic hydroxyl groups excluding tert-OH is 10. The topological polar surface area (TPSA) is 403 Å². The number of aliphatic hydroxyl groups is 10. The molecule has 3 aliphatic heterocycles. The summed E-state index contributed by atoms with van der Waals surface area (Å²) in [5.74, 6) is 0.0514. The number of carbonyl (C=O) groups is 3. The van der Waals surface area contributed by atoms with Crippen LogP contribution >= 0.6 is 0 Å². The van der Waals surface area contributed by atoms with Crippen molar-refractivity contribution >= 4 is 18.1 Å². The Kier molecular flexibility index (Phi) is 50.3. The first kappa shape index (κ1) is 101. The summed E-state index contributed by atoms with van der Waals surface area (Å²) >= 11 is 0. The number of rotatable bonds is 46. The maximum atomic E-state index is 12.7. The molecule has 115 heavy (non-hydrogen) atoms. The number of hydrogen-bond donors (Lipinski definition) is 15. The maximum Gasteiger partial charge on any atom is 0.251 e. The van der Waals surface area contributed by atoms with E-state index < -0.39 is 73.8 Å². The molecule has 25 heteroatoms. The standard InChI is InChI=1S/C47H65NO11.C24H49O8.C11H15NO2.C7H6O2.CH4/c1-3-34-27-37(57-46(56-34)40-22-7-9-24-42(40)51)20-13-21-38-29-39(59-47(58-38)41-23-8-10-25-43(41)52)26-33(50)17-12-19-36-28-35(18-11-14-31(2)49)54-44(55-36)30-48-45(53)32-15-5-4-6-16-32;1-3-18(26)13-19(27)9-5-11-22(30)15-24(32)16-23(31)12-6-10-21(29)14-20(28)8-4-7-17(2)25;1-9(14-2)8-12-11(13)10-6-4-3-5-7-10;8-5-6-3-1-2-4-7(6)9;/h4-10,15-16,22-25,31,33-39,44,46-47,49-52H,3,11-14,17-21,26-30H2,1-2H3,(H,48,53);17-32H,2-16H2,1H3;3-7,9H,8H2,1-2H3,(H,12,13);1-5,9H;1H4/q;+1;;;/t31-,33?,34?,35?,36?,37?,38?,39?,44?,46?,47?;17-,18?,19?,20?,21?,22?,23?,24?;;;/m00.../s1. The normalized spacial score (nSPS) is 22.2. The van der Waals surface area contributed by atoms with Crippen molar-refractivity contribution in [1.82, 2.24) is 10.6 Å². The van der Waals surface area contributed by atoms with E-state index >= 15 is 0 Å². The third-order valence-electron chi connectivity index (χ3n) is 20.6. The summed E-state index contributed by atoms with van der Waals surface area (Å²) < 4.78 is 43.0. The Morgan fingerprint density at radius 1 is 0.452 bits per heavy atom. The van der Waals surface area contributed by atoms with Gasteiger partial charge >= 0.3 is 0 Å². The number of hydrogen-bond acceptors (Lipinski definition) is 23. The lowest BCUT2D eigenvalue weighted by molar-refractivity contribution is -0.257. The average Bonchev–Trinajstić information content (AvgIpc) is 0.823. The lowest BCUT2D eigenvalue weighted by Crippen LogP contribution is -2.44. The van der Waals surface area contributed by atoms with Crippen LogP contribution in [0.25, 0.3) is 0 Å². The quantitative estimate of drug-likeness (QED) is 0.0127. The Morgan fingerprint density at radius 2 is 0.835 bits per heavy atom. The molecule has 15 N–H and O–H groups in total. The van der Waals surface area contributed by atoms with Gasteiger partial charge in [0, 0.05) is 61.6 Å². The zero-order chi connectivity index (χ0) is 83.2. The zero-order valence-corrected chi connectivity index (χ0v) is 67.6. The van der Waals surface area contributed by atoms with Crippen LogP contribution in [0.1, 0.15) is 270 Å². The van der Waals surface area contributed by atoms with E-state index in [1.807, 2.05) is 74.5 Å². The second-order valence-corrected chi connectivity index (χ2v) is 30.7. The zero-order valence-electron chi connectivity index (χ0n) is 67.6. The van der Waals surface area contributed by atoms with Crippen molar-refractivity contribution in [2.75, 3.05) is 20.2 Å². The van der Waals surface area contributed by atoms with Crippen molar-refractivity contribution in [3.05, 3.63) is 168 Å². The summed E-state index contributed by atoms with van der Waals surface area (Å²) in [7, 11) is 1.62. The van der Waals surface area contributed by atoms with Gasteiger partial charge in [0.25, 0.3) is 11.8 Å². The van der Waals surface area contributed by atoms with E-state index in [-0.39, 0.29) is 111 Å². The molecule has 3 aliphatic rings. The molecule has 3 saturated heterocycles. The Labute approximate surface area is 682 Å². The first-order valence-electron chi connectivity index (χ1n) is 41.3. The van der Waals surface area contributed by atoms with Gasteiger partial charge in [-0.15, -0.1) is 0 Å². The van der Waals surface area contributed by atoms with Crippen LogP contribution in [-0.2, 0) is 33.2 Å². The summed E-state index contributed by atoms with van der Waals surface area (Å²) in [6.07, 6.45) is 7.98. The average molecular weight is 1620 g/mol. The van der Waals surface area contributed by atoms with E-state index in [2.05, 4.69) is 24.5 Å². The molecule has 646 valence electrons. The molecule has 0 bridgehead atoms. The SMILES string of the molecule is C.CCC1CC(CCCC2CC(CC(O)CCCC3CC(CCC[C@H](C)O)OC(CNC(=O)c4ccccc4)O3)OC(c3ccccc3O)O2)OC(c2ccccc2O)O1.COC(C)CNC(=O)c1ccccc1.O=Cc1ccccc1O.[CH2+][C@H](O)CCCC(O)CC(O)CCCC(O)CC(O)CC(O)CCCC(O)CC(O)CC. The number of para-hydroxylation sites is 3. The Morgan fingerprint density at radius 3 is 1.28 bits per heavy atom. The van der Waals surface area contributed by atoms with Gasteiger partial charge in [0.2, 0.25) is 0 Å². The summed E-state index contributed by atoms with van der Waals surface area (Å²) in [5, 5.41) is 135. The van der Waals surface area contributed by atoms with E-state index in [9.17, 15) is 70.6 Å². The lowest BCUT2D eigenvalue weighted by atomic mass is 9.95. The van der Waals surface area contributed by atoms with E-state index in [0.717, 1.165) is 57.8 Å². The van der Waals surface area contributed by atoms with Gasteiger partial charge in [0.05, 0.1) is 117 Å². The van der Waals surface area contributed by atoms with Crippen LogP contribution in [0.3, 0.4) is 0 Å². The molecule has 25 nitrogen and oxygen atoms in total. The van der Waals surface area contributed by atoms with E-state index in [1.165, 1.54) is 6.07 Å². The van der Waals surface area contributed by atoms with Crippen LogP contribution in [0.5, 0.6) is 17.2 Å². The molecule has 3 heterocycles. The van der Waals surface area contributed by atoms with E-state index in [0.29, 0.717) is 143 Å². The van der Waals surface area contributed by atoms with Gasteiger partial charge < -0.3 is 110 Å². The molecule has 18 unspecified atom stereocenters. The summed E-state index contributed by atoms with van der Waals surface area (Å²) in [6, 6.07) is 38.8. The first-order valence-corrected chi connectivity index (χ1v) is 41.3. The molecule has 5 aromatic rings. The number of phenolic OH excluding ortho intramolecular Hbond substituents is 3. The fourth-order valence-electron chi connectivity index (χ4n) is 13.9. The number of aldehydes is 1. The molecule has 20 atom stereocenters. The van der Waals surface area contributed by atoms with Gasteiger partial charge in [-0.25, -0.2) is 0 Å². The Bertz CT molecular complexity index is 3340. The minimum atomic E-state index is -0.831. The number of methoxy groups -OCH3 is 1. The van der Waals surface area contributed by atoms with E-state index in [4.69, 9.17) is 43.4 Å². The third kappa shape index (κ3) is 42.0. The van der Waals surface area contributed by atoms with Gasteiger partial charge in [-0.1, -0.05) is 106 Å². The molecule has 0 radical (unpaired) electrons. The second kappa shape index (κ2) is 57.4. The number of nitrogens with one attached hydrogen (secondary N) is 2. The number of phenols is 3. The van der Waals surface area contributed by atoms with Crippen molar-refractivity contribution < 1.29 is 114 Å². The minimum absolute atomic E-state index is 0. The fraction of sp³-hybridized carbons (Fsp3) is 0.622. The van der Waals surface area contributed by atoms with Crippen molar-refractivity contribution in [2.24, 2.45) is 0 Å². The number of amides is 2. The number of carbonyl (C=O) groups excluding carboxylic acids is 3. The van der Waals surface area contributed by atoms with Crippen LogP contribution in [0.4, 0.5) is 0 Å². The molecule has 0 spiro atoms. The van der Waals surface area contributed by atoms with Gasteiger partial charge in [0.15, 0.2) is 31.3 Å². The Balaban J connectivity index is 0.000000411. The van der Waals surface area contributed by atoms with E-state index in [1.54, 1.807) is 80.8 Å². The van der Waals surface area contributed by atoms with Crippen LogP contribution < -0.4 is 10.6 Å². The van der Waals surface area contributed by atoms with Gasteiger partial charge in [0.1, 0.15) is 17.2 Å². The Hall–Kier alpha value is -6.70. The highest BCUT2D eigenvalue weighted by Gasteiger charge is 2.37. The lowest BCUT2D eigenvalue weighted by Gasteiger charge is -2.38. The maximum absolute atomic E-state index is 12.7. The molecule has 8 rings (SSSR count). The fourth-order valence-corrected chi connectivity index (χ4v) is 13.9. The van der Waals surface area contributed by atoms with Crippen molar-refractivity contribution in [2.45, 2.75) is 338 Å². The summed E-state index contributed by atoms with van der Waals surface area (Å²) in [5.41, 5.74) is 2.78. The molecular formula is C90H139N2O23+. The smallest absolute Gasteiger partial charge is 0.251 e. The highest BCUT2D eigenvalue weighted by atomic mass is 16.7. The predicted octanol–water partition coefficient (Wildman–Crippen LogP) is 12.6. The molecule has 5 aromatic carbocycles. The molecule has 0 saturated carbocycles. The van der Waals surface area contributed by atoms with Gasteiger partial charge in [-0.3, -0.25) is 14.4 Å². The highest BCUT2D eigenvalue weighted by molar-refractivity contribution is 5.94. The first-order chi connectivity index (χ1) is 54.7. The van der Waals surface area contributed by atoms with Crippen LogP contribution in [0, 0.1) is 6.92 Å². The van der Waals surface area contributed by atoms with Crippen molar-refractivity contribution in [3.8, 4) is 17.2 Å². The molecule has 2 amide bonds. The van der Waals surface area contributed by atoms with Crippen LogP contribution in [0.2, 0.25) is 0 Å². The number of aromatic hydroxyl groups is 3. The van der Waals surface area contributed by atoms with Crippen molar-refractivity contribution in [1.29, 1.82) is 0 Å². The van der Waals surface area contributed by atoms with Crippen LogP contribution in [0.15, 0.2) is 133 Å². The summed E-state index contributed by atoms with van der Waals surface area (Å²) in [6.45, 7) is 11.9. The summed E-state index contributed by atoms with van der Waals surface area (Å²) in [4.78, 5) is 34.3. The second-order valence-electron chi connectivity index (χ2n) is 30.7. The van der Waals surface area contributed by atoms with Gasteiger partial charge in [-0.05, 0) is 216 Å². The third-order valence-corrected chi connectivity index (χ3v) is 20.6. The van der Waals surface area contributed by atoms with Crippen LogP contribution in [-0.4, -0.2) is 215 Å². The minimum Gasteiger partial charge on any atom is -0.507 e. The number of ether oxygens (including phenoxy) is 7. The number of benzene rings is 5. The predicted molar refractivity (Wildman–Crippen MR) is 441 cm³/mol.